The molecule has 0 spiro atoms. The maximum Gasteiger partial charge on any atom is 0.238 e. The van der Waals surface area contributed by atoms with Gasteiger partial charge < -0.3 is 15.8 Å². The molecule has 0 aromatic heterocycles. The molecule has 1 saturated heterocycles. The lowest BCUT2D eigenvalue weighted by Gasteiger charge is -2.49. The van der Waals surface area contributed by atoms with Gasteiger partial charge in [0.05, 0.1) is 6.10 Å². The lowest BCUT2D eigenvalue weighted by atomic mass is 9.61. The van der Waals surface area contributed by atoms with E-state index in [0.717, 1.165) is 45.3 Å². The van der Waals surface area contributed by atoms with Crippen LogP contribution in [0, 0.1) is 11.3 Å². The fourth-order valence-electron chi connectivity index (χ4n) is 4.04. The number of primary amides is 1. The van der Waals surface area contributed by atoms with E-state index in [-0.39, 0.29) is 17.4 Å². The number of ether oxygens (including phenoxy) is 1. The summed E-state index contributed by atoms with van der Waals surface area (Å²) in [6, 6.07) is 0. The van der Waals surface area contributed by atoms with Crippen molar-refractivity contribution in [3.63, 3.8) is 0 Å². The summed E-state index contributed by atoms with van der Waals surface area (Å²) >= 11 is 0. The second kappa shape index (κ2) is 6.02. The highest BCUT2D eigenvalue weighted by molar-refractivity contribution is 5.85. The molecule has 0 bridgehead atoms. The standard InChI is InChI=1S/C16H30N2O2/c1-15(2,3)13-8-4-5-9-16(13,14(17)19)18-11-12-7-6-10-20-12/h12-13,18H,4-11H2,1-3H3,(H2,17,19). The van der Waals surface area contributed by atoms with Crippen LogP contribution >= 0.6 is 0 Å². The van der Waals surface area contributed by atoms with Crippen molar-refractivity contribution >= 4 is 5.91 Å². The van der Waals surface area contributed by atoms with Gasteiger partial charge >= 0.3 is 0 Å². The quantitative estimate of drug-likeness (QED) is 0.831. The first kappa shape index (κ1) is 15.8. The molecule has 1 aliphatic carbocycles. The summed E-state index contributed by atoms with van der Waals surface area (Å²) in [6.07, 6.45) is 6.66. The predicted molar refractivity (Wildman–Crippen MR) is 80.3 cm³/mol. The first-order chi connectivity index (χ1) is 9.36. The SMILES string of the molecule is CC(C)(C)C1CCCCC1(NCC1CCCO1)C(N)=O. The van der Waals surface area contributed by atoms with Gasteiger partial charge in [-0.05, 0) is 37.0 Å². The number of rotatable bonds is 4. The van der Waals surface area contributed by atoms with Crippen LogP contribution in [0.1, 0.15) is 59.3 Å². The number of hydrogen-bond acceptors (Lipinski definition) is 3. The minimum absolute atomic E-state index is 0.0823. The Hall–Kier alpha value is -0.610. The molecular formula is C16H30N2O2. The second-order valence-electron chi connectivity index (χ2n) is 7.52. The Bertz CT molecular complexity index is 345. The van der Waals surface area contributed by atoms with Crippen LogP contribution in [0.4, 0.5) is 0 Å². The molecule has 3 atom stereocenters. The van der Waals surface area contributed by atoms with Crippen LogP contribution in [0.3, 0.4) is 0 Å². The molecule has 1 saturated carbocycles. The average Bonchev–Trinajstić information content (AvgIpc) is 2.88. The van der Waals surface area contributed by atoms with E-state index in [0.29, 0.717) is 5.92 Å². The Morgan fingerprint density at radius 1 is 1.30 bits per heavy atom. The first-order valence-corrected chi connectivity index (χ1v) is 8.03. The minimum atomic E-state index is -0.553. The van der Waals surface area contributed by atoms with Crippen LogP contribution in [0.15, 0.2) is 0 Å². The van der Waals surface area contributed by atoms with Gasteiger partial charge in [-0.15, -0.1) is 0 Å². The number of carbonyl (C=O) groups is 1. The van der Waals surface area contributed by atoms with Gasteiger partial charge in [-0.1, -0.05) is 33.6 Å². The lowest BCUT2D eigenvalue weighted by molar-refractivity contribution is -0.131. The molecule has 2 rings (SSSR count). The molecule has 2 fully saturated rings. The molecule has 1 heterocycles. The number of amides is 1. The molecule has 3 N–H and O–H groups in total. The van der Waals surface area contributed by atoms with Crippen molar-refractivity contribution in [1.29, 1.82) is 0 Å². The molecule has 2 aliphatic rings. The predicted octanol–water partition coefficient (Wildman–Crippen LogP) is 2.22. The van der Waals surface area contributed by atoms with Crippen LogP contribution in [0.5, 0.6) is 0 Å². The second-order valence-corrected chi connectivity index (χ2v) is 7.52. The zero-order valence-corrected chi connectivity index (χ0v) is 13.2. The summed E-state index contributed by atoms with van der Waals surface area (Å²) in [7, 11) is 0. The van der Waals surface area contributed by atoms with Crippen molar-refractivity contribution in [2.45, 2.75) is 70.9 Å². The molecule has 0 aromatic rings. The normalized spacial score (nSPS) is 35.1. The Morgan fingerprint density at radius 2 is 2.05 bits per heavy atom. The Morgan fingerprint density at radius 3 is 2.60 bits per heavy atom. The topological polar surface area (TPSA) is 64.3 Å². The molecule has 3 unspecified atom stereocenters. The summed E-state index contributed by atoms with van der Waals surface area (Å²) < 4.78 is 5.67. The van der Waals surface area contributed by atoms with Crippen molar-refractivity contribution in [2.75, 3.05) is 13.2 Å². The van der Waals surface area contributed by atoms with Crippen LogP contribution in [-0.2, 0) is 9.53 Å². The monoisotopic (exact) mass is 282 g/mol. The van der Waals surface area contributed by atoms with Crippen molar-refractivity contribution in [1.82, 2.24) is 5.32 Å². The number of nitrogens with one attached hydrogen (secondary N) is 1. The van der Waals surface area contributed by atoms with E-state index in [1.165, 1.54) is 6.42 Å². The number of hydrogen-bond donors (Lipinski definition) is 2. The van der Waals surface area contributed by atoms with Gasteiger partial charge in [-0.3, -0.25) is 4.79 Å². The van der Waals surface area contributed by atoms with Crippen LogP contribution in [0.25, 0.3) is 0 Å². The van der Waals surface area contributed by atoms with Gasteiger partial charge in [-0.25, -0.2) is 0 Å². The lowest BCUT2D eigenvalue weighted by Crippen LogP contribution is -2.65. The summed E-state index contributed by atoms with van der Waals surface area (Å²) in [5.41, 5.74) is 5.36. The Labute approximate surface area is 122 Å². The summed E-state index contributed by atoms with van der Waals surface area (Å²) in [4.78, 5) is 12.3. The third-order valence-electron chi connectivity index (χ3n) is 5.06. The summed E-state index contributed by atoms with van der Waals surface area (Å²) in [5.74, 6) is 0.109. The molecule has 4 heteroatoms. The van der Waals surface area contributed by atoms with E-state index in [1.807, 2.05) is 0 Å². The van der Waals surface area contributed by atoms with Crippen molar-refractivity contribution < 1.29 is 9.53 Å². The van der Waals surface area contributed by atoms with E-state index < -0.39 is 5.54 Å². The minimum Gasteiger partial charge on any atom is -0.377 e. The van der Waals surface area contributed by atoms with E-state index >= 15 is 0 Å². The number of nitrogens with two attached hydrogens (primary N) is 1. The Balaban J connectivity index is 2.14. The molecular weight excluding hydrogens is 252 g/mol. The highest BCUT2D eigenvalue weighted by Crippen LogP contribution is 2.44. The molecule has 0 aromatic carbocycles. The van der Waals surface area contributed by atoms with E-state index in [2.05, 4.69) is 26.1 Å². The third-order valence-corrected chi connectivity index (χ3v) is 5.06. The highest BCUT2D eigenvalue weighted by atomic mass is 16.5. The van der Waals surface area contributed by atoms with E-state index in [1.54, 1.807) is 0 Å². The summed E-state index contributed by atoms with van der Waals surface area (Å²) in [6.45, 7) is 8.24. The zero-order chi connectivity index (χ0) is 14.8. The van der Waals surface area contributed by atoms with Gasteiger partial charge in [0.25, 0.3) is 0 Å². The largest absolute Gasteiger partial charge is 0.377 e. The van der Waals surface area contributed by atoms with Crippen LogP contribution in [-0.4, -0.2) is 30.7 Å². The Kier molecular flexibility index (Phi) is 4.75. The van der Waals surface area contributed by atoms with E-state index in [9.17, 15) is 4.79 Å². The van der Waals surface area contributed by atoms with Gasteiger partial charge in [0, 0.05) is 13.2 Å². The molecule has 116 valence electrons. The molecule has 4 nitrogen and oxygen atoms in total. The first-order valence-electron chi connectivity index (χ1n) is 8.03. The van der Waals surface area contributed by atoms with Crippen LogP contribution < -0.4 is 11.1 Å². The fraction of sp³-hybridized carbons (Fsp3) is 0.938. The van der Waals surface area contributed by atoms with Crippen molar-refractivity contribution in [2.24, 2.45) is 17.1 Å². The van der Waals surface area contributed by atoms with Crippen LogP contribution in [0.2, 0.25) is 0 Å². The molecule has 1 aliphatic heterocycles. The average molecular weight is 282 g/mol. The number of carbonyl (C=O) groups excluding carboxylic acids is 1. The maximum absolute atomic E-state index is 12.3. The van der Waals surface area contributed by atoms with E-state index in [4.69, 9.17) is 10.5 Å². The fourth-order valence-corrected chi connectivity index (χ4v) is 4.04. The third kappa shape index (κ3) is 3.17. The smallest absolute Gasteiger partial charge is 0.238 e. The molecule has 1 amide bonds. The van der Waals surface area contributed by atoms with Gasteiger partial charge in [0.1, 0.15) is 5.54 Å². The molecule has 20 heavy (non-hydrogen) atoms. The summed E-state index contributed by atoms with van der Waals surface area (Å²) in [5, 5.41) is 3.53. The highest BCUT2D eigenvalue weighted by Gasteiger charge is 2.50. The van der Waals surface area contributed by atoms with Crippen molar-refractivity contribution in [3.8, 4) is 0 Å². The van der Waals surface area contributed by atoms with Gasteiger partial charge in [0.2, 0.25) is 5.91 Å². The zero-order valence-electron chi connectivity index (χ0n) is 13.2. The van der Waals surface area contributed by atoms with Gasteiger partial charge in [0.15, 0.2) is 0 Å². The van der Waals surface area contributed by atoms with Gasteiger partial charge in [-0.2, -0.15) is 0 Å². The maximum atomic E-state index is 12.3. The van der Waals surface area contributed by atoms with Crippen molar-refractivity contribution in [3.05, 3.63) is 0 Å². The molecule has 0 radical (unpaired) electrons.